The molecule has 1 rings (SSSR count). The molecule has 1 atom stereocenters. The highest BCUT2D eigenvalue weighted by Gasteiger charge is 2.32. The number of nitrogens with zero attached hydrogens (tertiary/aromatic N) is 1. The molecule has 0 bridgehead atoms. The number of anilines is 1. The van der Waals surface area contributed by atoms with Crippen molar-refractivity contribution in [3.63, 3.8) is 0 Å². The molecule has 0 spiro atoms. The molecule has 0 fully saturated rings. The Balaban J connectivity index is 3.08. The van der Waals surface area contributed by atoms with Crippen molar-refractivity contribution in [2.75, 3.05) is 11.4 Å². The Bertz CT molecular complexity index is 432. The molecule has 108 valence electrons. The number of alkyl halides is 3. The Morgan fingerprint density at radius 1 is 1.26 bits per heavy atom. The second-order valence-corrected chi connectivity index (χ2v) is 5.13. The zero-order valence-corrected chi connectivity index (χ0v) is 11.8. The smallest absolute Gasteiger partial charge is 0.389 e. The van der Waals surface area contributed by atoms with Crippen molar-refractivity contribution in [1.82, 2.24) is 0 Å². The molecule has 19 heavy (non-hydrogen) atoms. The summed E-state index contributed by atoms with van der Waals surface area (Å²) in [5, 5.41) is 9.72. The second kappa shape index (κ2) is 6.01. The lowest BCUT2D eigenvalue weighted by molar-refractivity contribution is -0.120. The van der Waals surface area contributed by atoms with Crippen LogP contribution in [0.2, 0.25) is 5.02 Å². The number of halogens is 4. The number of benzene rings is 1. The summed E-state index contributed by atoms with van der Waals surface area (Å²) in [6.07, 6.45) is -5.03. The van der Waals surface area contributed by atoms with Crippen LogP contribution in [-0.2, 0) is 0 Å². The summed E-state index contributed by atoms with van der Waals surface area (Å²) < 4.78 is 37.6. The van der Waals surface area contributed by atoms with E-state index in [1.54, 1.807) is 32.9 Å². The zero-order chi connectivity index (χ0) is 14.8. The first kappa shape index (κ1) is 16.1. The van der Waals surface area contributed by atoms with E-state index in [4.69, 9.17) is 11.6 Å². The molecule has 0 amide bonds. The highest BCUT2D eigenvalue weighted by molar-refractivity contribution is 6.31. The van der Waals surface area contributed by atoms with Gasteiger partial charge < -0.3 is 10.0 Å². The monoisotopic (exact) mass is 295 g/mol. The van der Waals surface area contributed by atoms with Gasteiger partial charge in [-0.2, -0.15) is 13.2 Å². The van der Waals surface area contributed by atoms with Gasteiger partial charge >= 0.3 is 6.18 Å². The first-order valence-corrected chi connectivity index (χ1v) is 6.30. The van der Waals surface area contributed by atoms with E-state index in [0.717, 1.165) is 0 Å². The van der Waals surface area contributed by atoms with E-state index in [-0.39, 0.29) is 11.1 Å². The van der Waals surface area contributed by atoms with Crippen LogP contribution in [0.3, 0.4) is 0 Å². The van der Waals surface area contributed by atoms with Crippen LogP contribution in [0.4, 0.5) is 18.9 Å². The Kier molecular flexibility index (Phi) is 5.10. The molecule has 6 heteroatoms. The van der Waals surface area contributed by atoms with E-state index in [2.05, 4.69) is 0 Å². The molecule has 1 aromatic carbocycles. The van der Waals surface area contributed by atoms with E-state index < -0.39 is 18.8 Å². The average Bonchev–Trinajstić information content (AvgIpc) is 2.23. The number of aliphatic hydroxyl groups excluding tert-OH is 1. The predicted molar refractivity (Wildman–Crippen MR) is 70.6 cm³/mol. The van der Waals surface area contributed by atoms with Gasteiger partial charge in [-0.3, -0.25) is 0 Å². The molecule has 0 saturated carbocycles. The van der Waals surface area contributed by atoms with Gasteiger partial charge in [0.15, 0.2) is 0 Å². The molecular formula is C13H17ClF3NO. The maximum absolute atomic E-state index is 12.5. The lowest BCUT2D eigenvalue weighted by atomic mass is 10.1. The van der Waals surface area contributed by atoms with Crippen LogP contribution in [0.15, 0.2) is 18.2 Å². The summed E-state index contributed by atoms with van der Waals surface area (Å²) in [6, 6.07) is 4.23. The third kappa shape index (κ3) is 4.58. The van der Waals surface area contributed by atoms with E-state index >= 15 is 0 Å². The third-order valence-electron chi connectivity index (χ3n) is 2.74. The van der Waals surface area contributed by atoms with Crippen LogP contribution in [-0.4, -0.2) is 23.9 Å². The van der Waals surface area contributed by atoms with Crippen molar-refractivity contribution in [2.45, 2.75) is 39.1 Å². The average molecular weight is 296 g/mol. The minimum Gasteiger partial charge on any atom is -0.389 e. The van der Waals surface area contributed by atoms with Gasteiger partial charge in [0.2, 0.25) is 0 Å². The molecule has 0 aliphatic carbocycles. The van der Waals surface area contributed by atoms with Gasteiger partial charge in [0.1, 0.15) is 6.54 Å². The van der Waals surface area contributed by atoms with Crippen LogP contribution in [0.1, 0.15) is 32.4 Å². The molecule has 0 aliphatic rings. The van der Waals surface area contributed by atoms with E-state index in [0.29, 0.717) is 11.3 Å². The first-order valence-electron chi connectivity index (χ1n) is 5.92. The van der Waals surface area contributed by atoms with Gasteiger partial charge in [-0.1, -0.05) is 17.7 Å². The van der Waals surface area contributed by atoms with Crippen LogP contribution >= 0.6 is 11.6 Å². The standard InChI is InChI=1S/C13H17ClF3NO/c1-8(2)18(7-13(15,16)17)10-4-5-11(9(3)19)12(14)6-10/h4-6,8-9,19H,7H2,1-3H3. The fourth-order valence-electron chi connectivity index (χ4n) is 1.80. The number of rotatable bonds is 4. The van der Waals surface area contributed by atoms with Gasteiger partial charge in [-0.25, -0.2) is 0 Å². The van der Waals surface area contributed by atoms with Gasteiger partial charge in [0.25, 0.3) is 0 Å². The predicted octanol–water partition coefficient (Wildman–Crippen LogP) is 4.17. The minimum absolute atomic E-state index is 0.264. The topological polar surface area (TPSA) is 23.5 Å². The molecule has 0 radical (unpaired) electrons. The lowest BCUT2D eigenvalue weighted by Crippen LogP contribution is -2.39. The minimum atomic E-state index is -4.28. The van der Waals surface area contributed by atoms with Crippen LogP contribution < -0.4 is 4.90 Å². The van der Waals surface area contributed by atoms with Crippen LogP contribution in [0.5, 0.6) is 0 Å². The van der Waals surface area contributed by atoms with Crippen molar-refractivity contribution < 1.29 is 18.3 Å². The number of hydrogen-bond acceptors (Lipinski definition) is 2. The summed E-state index contributed by atoms with van der Waals surface area (Å²) >= 11 is 5.98. The van der Waals surface area contributed by atoms with Crippen molar-refractivity contribution in [1.29, 1.82) is 0 Å². The molecule has 0 aromatic heterocycles. The number of aliphatic hydroxyl groups is 1. The summed E-state index contributed by atoms with van der Waals surface area (Å²) in [7, 11) is 0. The van der Waals surface area contributed by atoms with Crippen molar-refractivity contribution >= 4 is 17.3 Å². The van der Waals surface area contributed by atoms with Crippen LogP contribution in [0, 0.1) is 0 Å². The fourth-order valence-corrected chi connectivity index (χ4v) is 2.13. The third-order valence-corrected chi connectivity index (χ3v) is 3.07. The normalized spacial score (nSPS) is 13.7. The maximum atomic E-state index is 12.5. The summed E-state index contributed by atoms with van der Waals surface area (Å²) in [5.74, 6) is 0. The highest BCUT2D eigenvalue weighted by Crippen LogP contribution is 2.30. The van der Waals surface area contributed by atoms with Crippen LogP contribution in [0.25, 0.3) is 0 Å². The van der Waals surface area contributed by atoms with Gasteiger partial charge in [0.05, 0.1) is 6.10 Å². The Hall–Kier alpha value is -0.940. The fraction of sp³-hybridized carbons (Fsp3) is 0.538. The maximum Gasteiger partial charge on any atom is 0.405 e. The van der Waals surface area contributed by atoms with Gasteiger partial charge in [-0.15, -0.1) is 0 Å². The quantitative estimate of drug-likeness (QED) is 0.901. The molecule has 1 N–H and O–H groups in total. The molecule has 1 unspecified atom stereocenters. The first-order chi connectivity index (χ1) is 8.61. The molecule has 1 aromatic rings. The SMILES string of the molecule is CC(O)c1ccc(N(CC(F)(F)F)C(C)C)cc1Cl. The largest absolute Gasteiger partial charge is 0.405 e. The second-order valence-electron chi connectivity index (χ2n) is 4.72. The molecule has 2 nitrogen and oxygen atoms in total. The lowest BCUT2D eigenvalue weighted by Gasteiger charge is -2.30. The van der Waals surface area contributed by atoms with Crippen molar-refractivity contribution in [2.24, 2.45) is 0 Å². The molecule has 0 heterocycles. The summed E-state index contributed by atoms with van der Waals surface area (Å²) in [4.78, 5) is 1.22. The number of hydrogen-bond donors (Lipinski definition) is 1. The zero-order valence-electron chi connectivity index (χ0n) is 11.0. The Labute approximate surface area is 115 Å². The molecule has 0 saturated heterocycles. The van der Waals surface area contributed by atoms with E-state index in [9.17, 15) is 18.3 Å². The van der Waals surface area contributed by atoms with Crippen molar-refractivity contribution in [3.8, 4) is 0 Å². The molecular weight excluding hydrogens is 279 g/mol. The van der Waals surface area contributed by atoms with E-state index in [1.807, 2.05) is 0 Å². The Morgan fingerprint density at radius 3 is 2.21 bits per heavy atom. The highest BCUT2D eigenvalue weighted by atomic mass is 35.5. The van der Waals surface area contributed by atoms with E-state index in [1.165, 1.54) is 11.0 Å². The molecule has 0 aliphatic heterocycles. The van der Waals surface area contributed by atoms with Gasteiger partial charge in [0, 0.05) is 16.8 Å². The summed E-state index contributed by atoms with van der Waals surface area (Å²) in [5.41, 5.74) is 0.892. The summed E-state index contributed by atoms with van der Waals surface area (Å²) in [6.45, 7) is 3.89. The van der Waals surface area contributed by atoms with Gasteiger partial charge in [-0.05, 0) is 38.5 Å². The Morgan fingerprint density at radius 2 is 1.84 bits per heavy atom. The van der Waals surface area contributed by atoms with Crippen molar-refractivity contribution in [3.05, 3.63) is 28.8 Å².